The summed E-state index contributed by atoms with van der Waals surface area (Å²) in [7, 11) is 0. The number of nitrogens with one attached hydrogen (secondary N) is 1. The van der Waals surface area contributed by atoms with Crippen molar-refractivity contribution in [3.05, 3.63) is 151 Å². The van der Waals surface area contributed by atoms with E-state index >= 15 is 0 Å². The molecule has 1 unspecified atom stereocenters. The molecule has 2 aromatic heterocycles. The summed E-state index contributed by atoms with van der Waals surface area (Å²) in [5, 5.41) is 12.8. The van der Waals surface area contributed by atoms with E-state index in [1.807, 2.05) is 36.7 Å². The lowest BCUT2D eigenvalue weighted by atomic mass is 9.94. The van der Waals surface area contributed by atoms with Crippen LogP contribution in [0.5, 0.6) is 5.75 Å². The van der Waals surface area contributed by atoms with Crippen molar-refractivity contribution in [3.8, 4) is 5.75 Å². The molecule has 212 valence electrons. The molecular weight excluding hydrogens is 554 g/mol. The van der Waals surface area contributed by atoms with Gasteiger partial charge in [0.25, 0.3) is 0 Å². The lowest BCUT2D eigenvalue weighted by Gasteiger charge is -2.33. The Balaban J connectivity index is 1.39. The predicted octanol–water partition coefficient (Wildman–Crippen LogP) is 9.83. The number of furan rings is 1. The van der Waals surface area contributed by atoms with Gasteiger partial charge in [0.1, 0.15) is 11.3 Å². The third-order valence-electron chi connectivity index (χ3n) is 9.19. The van der Waals surface area contributed by atoms with Crippen LogP contribution in [-0.2, 0) is 0 Å². The molecule has 1 N–H and O–H groups in total. The number of hydrogen-bond donors (Lipinski definition) is 1. The van der Waals surface area contributed by atoms with Crippen molar-refractivity contribution in [3.63, 3.8) is 0 Å². The molecule has 1 atom stereocenters. The third kappa shape index (κ3) is 3.46. The molecule has 0 amide bonds. The minimum absolute atomic E-state index is 0.304. The Labute approximate surface area is 258 Å². The maximum atomic E-state index is 6.45. The average molecular weight is 580 g/mol. The number of para-hydroxylation sites is 1. The van der Waals surface area contributed by atoms with Crippen LogP contribution in [0.25, 0.3) is 59.8 Å². The number of dihydropyridines is 1. The topological polar surface area (TPSA) is 50.5 Å². The molecule has 5 heteroatoms. The van der Waals surface area contributed by atoms with Gasteiger partial charge in [-0.25, -0.2) is 0 Å². The van der Waals surface area contributed by atoms with Crippen LogP contribution in [0.4, 0.5) is 11.4 Å². The largest absolute Gasteiger partial charge is 0.466 e. The van der Waals surface area contributed by atoms with Gasteiger partial charge >= 0.3 is 0 Å². The van der Waals surface area contributed by atoms with Gasteiger partial charge in [-0.1, -0.05) is 84.9 Å². The summed E-state index contributed by atoms with van der Waals surface area (Å²) in [6.07, 6.45) is 7.49. The van der Waals surface area contributed by atoms with Crippen molar-refractivity contribution < 1.29 is 9.15 Å². The maximum Gasteiger partial charge on any atom is 0.198 e. The van der Waals surface area contributed by atoms with E-state index in [4.69, 9.17) is 9.15 Å². The fourth-order valence-corrected chi connectivity index (χ4v) is 7.27. The highest BCUT2D eigenvalue weighted by molar-refractivity contribution is 6.22. The molecule has 0 aliphatic carbocycles. The molecule has 10 rings (SSSR count). The van der Waals surface area contributed by atoms with E-state index in [9.17, 15) is 0 Å². The molecule has 0 bridgehead atoms. The molecule has 0 spiro atoms. The molecule has 0 saturated heterocycles. The van der Waals surface area contributed by atoms with Crippen molar-refractivity contribution in [2.24, 2.45) is 0 Å². The van der Waals surface area contributed by atoms with Crippen LogP contribution >= 0.6 is 0 Å². The number of hydrogen-bond acceptors (Lipinski definition) is 5. The molecular formula is C40H25N3O2. The SMILES string of the molecule is C1=CC(N(c2cc3c4ccccc4ccc3c3ccccc23)c2cccc3oc4cnccc4c23)=C2c3ccccc3OC2N1. The van der Waals surface area contributed by atoms with Crippen LogP contribution < -0.4 is 15.0 Å². The first-order valence-electron chi connectivity index (χ1n) is 15.1. The second-order valence-corrected chi connectivity index (χ2v) is 11.6. The molecule has 0 saturated carbocycles. The minimum Gasteiger partial charge on any atom is -0.466 e. The number of fused-ring (bicyclic) bond motifs is 11. The number of benzene rings is 6. The Morgan fingerprint density at radius 3 is 2.42 bits per heavy atom. The summed E-state index contributed by atoms with van der Waals surface area (Å²) in [5.41, 5.74) is 6.93. The summed E-state index contributed by atoms with van der Waals surface area (Å²) >= 11 is 0. The van der Waals surface area contributed by atoms with Crippen molar-refractivity contribution >= 4 is 71.2 Å². The molecule has 8 aromatic rings. The van der Waals surface area contributed by atoms with E-state index in [0.717, 1.165) is 61.3 Å². The Morgan fingerprint density at radius 1 is 0.644 bits per heavy atom. The second-order valence-electron chi connectivity index (χ2n) is 11.6. The smallest absolute Gasteiger partial charge is 0.198 e. The standard InChI is InChI=1S/C40H25N3O2/c1-2-9-25-24(8-1)16-17-27-26-10-3-4-11-28(26)34(22-31(25)27)43(32-13-7-15-36-38(32)30-18-20-41-23-37(30)44-36)33-19-21-42-40-39(33)29-12-5-6-14-35(29)45-40/h1-23,40,42H. The van der Waals surface area contributed by atoms with Gasteiger partial charge in [0.05, 0.1) is 28.7 Å². The number of aromatic nitrogens is 1. The minimum atomic E-state index is -0.304. The predicted molar refractivity (Wildman–Crippen MR) is 183 cm³/mol. The first-order chi connectivity index (χ1) is 22.3. The fraction of sp³-hybridized carbons (Fsp3) is 0.0250. The number of ether oxygens (including phenoxy) is 1. The summed E-state index contributed by atoms with van der Waals surface area (Å²) in [6.45, 7) is 0. The van der Waals surface area contributed by atoms with Crippen molar-refractivity contribution in [1.82, 2.24) is 10.3 Å². The first-order valence-corrected chi connectivity index (χ1v) is 15.1. The number of allylic oxidation sites excluding steroid dienone is 1. The zero-order valence-corrected chi connectivity index (χ0v) is 24.1. The van der Waals surface area contributed by atoms with Crippen LogP contribution in [0, 0.1) is 0 Å². The highest BCUT2D eigenvalue weighted by atomic mass is 16.5. The lowest BCUT2D eigenvalue weighted by molar-refractivity contribution is 0.253. The van der Waals surface area contributed by atoms with Crippen LogP contribution in [0.1, 0.15) is 5.56 Å². The molecule has 5 nitrogen and oxygen atoms in total. The summed E-state index contributed by atoms with van der Waals surface area (Å²) in [5.74, 6) is 0.874. The Hall–Kier alpha value is -6.07. The molecule has 2 aliphatic heterocycles. The first kappa shape index (κ1) is 24.4. The van der Waals surface area contributed by atoms with Gasteiger partial charge in [0.15, 0.2) is 11.8 Å². The van der Waals surface area contributed by atoms with E-state index in [0.29, 0.717) is 0 Å². The third-order valence-corrected chi connectivity index (χ3v) is 9.19. The highest BCUT2D eigenvalue weighted by Gasteiger charge is 2.35. The average Bonchev–Trinajstić information content (AvgIpc) is 3.68. The van der Waals surface area contributed by atoms with Gasteiger partial charge in [-0.3, -0.25) is 4.98 Å². The summed E-state index contributed by atoms with van der Waals surface area (Å²) in [6, 6.07) is 40.9. The quantitative estimate of drug-likeness (QED) is 0.211. The number of rotatable bonds is 3. The van der Waals surface area contributed by atoms with Crippen molar-refractivity contribution in [1.29, 1.82) is 0 Å². The van der Waals surface area contributed by atoms with E-state index in [1.54, 1.807) is 6.20 Å². The summed E-state index contributed by atoms with van der Waals surface area (Å²) < 4.78 is 12.8. The Kier molecular flexibility index (Phi) is 4.99. The Morgan fingerprint density at radius 2 is 1.47 bits per heavy atom. The van der Waals surface area contributed by atoms with Crippen LogP contribution in [0.15, 0.2) is 150 Å². The van der Waals surface area contributed by atoms with Gasteiger partial charge in [0, 0.05) is 34.3 Å². The highest BCUT2D eigenvalue weighted by Crippen LogP contribution is 2.49. The molecule has 0 radical (unpaired) electrons. The normalized spacial score (nSPS) is 15.5. The van der Waals surface area contributed by atoms with Gasteiger partial charge in [-0.05, 0) is 63.3 Å². The molecule has 6 aromatic carbocycles. The zero-order chi connectivity index (χ0) is 29.5. The lowest BCUT2D eigenvalue weighted by Crippen LogP contribution is -2.33. The van der Waals surface area contributed by atoms with Crippen LogP contribution in [-0.4, -0.2) is 11.2 Å². The van der Waals surface area contributed by atoms with E-state index in [1.165, 1.54) is 26.9 Å². The molecule has 4 heterocycles. The molecule has 0 fully saturated rings. The molecule has 45 heavy (non-hydrogen) atoms. The fourth-order valence-electron chi connectivity index (χ4n) is 7.27. The number of nitrogens with zero attached hydrogens (tertiary/aromatic N) is 2. The van der Waals surface area contributed by atoms with Gasteiger partial charge < -0.3 is 19.4 Å². The number of anilines is 2. The zero-order valence-electron chi connectivity index (χ0n) is 24.1. The molecule has 2 aliphatic rings. The van der Waals surface area contributed by atoms with Crippen LogP contribution in [0.2, 0.25) is 0 Å². The van der Waals surface area contributed by atoms with E-state index < -0.39 is 0 Å². The number of pyridine rings is 1. The summed E-state index contributed by atoms with van der Waals surface area (Å²) in [4.78, 5) is 6.76. The van der Waals surface area contributed by atoms with E-state index in [2.05, 4.69) is 112 Å². The van der Waals surface area contributed by atoms with Gasteiger partial charge in [0.2, 0.25) is 0 Å². The van der Waals surface area contributed by atoms with E-state index in [-0.39, 0.29) is 6.23 Å². The van der Waals surface area contributed by atoms with Crippen molar-refractivity contribution in [2.45, 2.75) is 6.23 Å². The van der Waals surface area contributed by atoms with Gasteiger partial charge in [-0.15, -0.1) is 0 Å². The monoisotopic (exact) mass is 579 g/mol. The van der Waals surface area contributed by atoms with Gasteiger partial charge in [-0.2, -0.15) is 0 Å². The van der Waals surface area contributed by atoms with Crippen molar-refractivity contribution in [2.75, 3.05) is 4.90 Å². The Bertz CT molecular complexity index is 2580. The maximum absolute atomic E-state index is 6.45. The van der Waals surface area contributed by atoms with Crippen LogP contribution in [0.3, 0.4) is 0 Å². The second kappa shape index (κ2) is 9.21.